The molecule has 0 atom stereocenters. The molecule has 5 nitrogen and oxygen atoms in total. The number of H-pyrrole nitrogens is 1. The van der Waals surface area contributed by atoms with Gasteiger partial charge in [0.2, 0.25) is 0 Å². The smallest absolute Gasteiger partial charge is 0.260 e. The van der Waals surface area contributed by atoms with E-state index in [1.807, 2.05) is 73.8 Å². The van der Waals surface area contributed by atoms with Crippen LogP contribution in [0.5, 0.6) is 0 Å². The van der Waals surface area contributed by atoms with Crippen LogP contribution in [0.25, 0.3) is 16.8 Å². The predicted molar refractivity (Wildman–Crippen MR) is 94.1 cm³/mol. The van der Waals surface area contributed by atoms with Crippen molar-refractivity contribution in [3.63, 3.8) is 0 Å². The van der Waals surface area contributed by atoms with Gasteiger partial charge in [0.05, 0.1) is 5.56 Å². The van der Waals surface area contributed by atoms with Gasteiger partial charge in [-0.15, -0.1) is 0 Å². The van der Waals surface area contributed by atoms with Crippen LogP contribution in [0.3, 0.4) is 0 Å². The van der Waals surface area contributed by atoms with Crippen molar-refractivity contribution < 1.29 is 4.79 Å². The Morgan fingerprint density at radius 1 is 1.04 bits per heavy atom. The first kappa shape index (κ1) is 14.3. The van der Waals surface area contributed by atoms with Gasteiger partial charge in [-0.3, -0.25) is 9.89 Å². The first-order valence-electron chi connectivity index (χ1n) is 7.72. The van der Waals surface area contributed by atoms with Gasteiger partial charge in [-0.05, 0) is 24.6 Å². The summed E-state index contributed by atoms with van der Waals surface area (Å²) < 4.78 is 1.79. The van der Waals surface area contributed by atoms with E-state index >= 15 is 0 Å². The van der Waals surface area contributed by atoms with Crippen LogP contribution in [-0.2, 0) is 0 Å². The summed E-state index contributed by atoms with van der Waals surface area (Å²) in [6.07, 6.45) is 1.91. The SMILES string of the molecule is Cc1nc2c(C(=O)Nc3ccccc3)c(-c3ccccc3)cn2[nH]1. The van der Waals surface area contributed by atoms with E-state index in [1.54, 1.807) is 4.52 Å². The molecule has 0 saturated heterocycles. The fourth-order valence-electron chi connectivity index (χ4n) is 2.82. The molecule has 2 aromatic carbocycles. The normalized spacial score (nSPS) is 10.9. The summed E-state index contributed by atoms with van der Waals surface area (Å²) >= 11 is 0. The highest BCUT2D eigenvalue weighted by molar-refractivity contribution is 6.13. The fourth-order valence-corrected chi connectivity index (χ4v) is 2.82. The Bertz CT molecular complexity index is 1000. The van der Waals surface area contributed by atoms with Crippen molar-refractivity contribution in [1.82, 2.24) is 14.6 Å². The minimum absolute atomic E-state index is 0.172. The lowest BCUT2D eigenvalue weighted by Gasteiger charge is -2.06. The van der Waals surface area contributed by atoms with Crippen LogP contribution in [0, 0.1) is 6.92 Å². The topological polar surface area (TPSA) is 62.2 Å². The second kappa shape index (κ2) is 5.70. The highest BCUT2D eigenvalue weighted by Gasteiger charge is 2.21. The molecule has 0 bridgehead atoms. The lowest BCUT2D eigenvalue weighted by molar-refractivity contribution is 0.102. The zero-order chi connectivity index (χ0) is 16.5. The Morgan fingerprint density at radius 3 is 2.42 bits per heavy atom. The number of hydrogen-bond donors (Lipinski definition) is 2. The van der Waals surface area contributed by atoms with E-state index in [0.717, 1.165) is 22.6 Å². The van der Waals surface area contributed by atoms with Crippen molar-refractivity contribution in [2.24, 2.45) is 0 Å². The number of carbonyl (C=O) groups excluding carboxylic acids is 1. The Balaban J connectivity index is 1.84. The predicted octanol–water partition coefficient (Wildman–Crippen LogP) is 3.89. The molecule has 2 heterocycles. The van der Waals surface area contributed by atoms with E-state index in [4.69, 9.17) is 0 Å². The van der Waals surface area contributed by atoms with Gasteiger partial charge >= 0.3 is 0 Å². The number of aryl methyl sites for hydroxylation is 1. The van der Waals surface area contributed by atoms with Gasteiger partial charge in [-0.2, -0.15) is 0 Å². The Labute approximate surface area is 139 Å². The largest absolute Gasteiger partial charge is 0.322 e. The van der Waals surface area contributed by atoms with Crippen molar-refractivity contribution in [2.75, 3.05) is 5.32 Å². The lowest BCUT2D eigenvalue weighted by Crippen LogP contribution is -2.12. The second-order valence-electron chi connectivity index (χ2n) is 5.61. The number of anilines is 1. The third kappa shape index (κ3) is 2.46. The Hall–Kier alpha value is -3.34. The highest BCUT2D eigenvalue weighted by Crippen LogP contribution is 2.28. The lowest BCUT2D eigenvalue weighted by atomic mass is 10.0. The number of benzene rings is 2. The van der Waals surface area contributed by atoms with E-state index in [0.29, 0.717) is 11.2 Å². The van der Waals surface area contributed by atoms with Crippen LogP contribution in [0.15, 0.2) is 66.9 Å². The average molecular weight is 316 g/mol. The number of rotatable bonds is 3. The van der Waals surface area contributed by atoms with E-state index in [9.17, 15) is 4.79 Å². The van der Waals surface area contributed by atoms with Crippen LogP contribution in [-0.4, -0.2) is 20.5 Å². The van der Waals surface area contributed by atoms with Crippen molar-refractivity contribution in [3.8, 4) is 11.1 Å². The zero-order valence-corrected chi connectivity index (χ0v) is 13.2. The van der Waals surface area contributed by atoms with Gasteiger partial charge in [-0.25, -0.2) is 9.50 Å². The summed E-state index contributed by atoms with van der Waals surface area (Å²) in [4.78, 5) is 17.4. The molecule has 5 heteroatoms. The van der Waals surface area contributed by atoms with Crippen molar-refractivity contribution in [3.05, 3.63) is 78.2 Å². The van der Waals surface area contributed by atoms with Crippen LogP contribution < -0.4 is 5.32 Å². The molecular weight excluding hydrogens is 300 g/mol. The Kier molecular flexibility index (Phi) is 3.39. The zero-order valence-electron chi connectivity index (χ0n) is 13.2. The molecule has 4 aromatic rings. The third-order valence-corrected chi connectivity index (χ3v) is 3.88. The van der Waals surface area contributed by atoms with E-state index in [1.165, 1.54) is 0 Å². The van der Waals surface area contributed by atoms with Gasteiger partial charge in [0.15, 0.2) is 5.65 Å². The number of amides is 1. The minimum atomic E-state index is -0.172. The molecule has 2 aromatic heterocycles. The van der Waals surface area contributed by atoms with Gasteiger partial charge in [0.1, 0.15) is 5.82 Å². The molecule has 0 aliphatic rings. The monoisotopic (exact) mass is 316 g/mol. The van der Waals surface area contributed by atoms with Gasteiger partial charge < -0.3 is 5.32 Å². The van der Waals surface area contributed by atoms with E-state index in [-0.39, 0.29) is 5.91 Å². The highest BCUT2D eigenvalue weighted by atomic mass is 16.1. The molecule has 2 N–H and O–H groups in total. The summed E-state index contributed by atoms with van der Waals surface area (Å²) in [5, 5.41) is 6.08. The van der Waals surface area contributed by atoms with Gasteiger partial charge in [0.25, 0.3) is 5.91 Å². The van der Waals surface area contributed by atoms with E-state index < -0.39 is 0 Å². The van der Waals surface area contributed by atoms with Gasteiger partial charge in [-0.1, -0.05) is 48.5 Å². The summed E-state index contributed by atoms with van der Waals surface area (Å²) in [6.45, 7) is 1.87. The number of para-hydroxylation sites is 1. The van der Waals surface area contributed by atoms with Crippen LogP contribution in [0.2, 0.25) is 0 Å². The minimum Gasteiger partial charge on any atom is -0.322 e. The number of carbonyl (C=O) groups is 1. The number of nitrogens with one attached hydrogen (secondary N) is 2. The first-order valence-corrected chi connectivity index (χ1v) is 7.72. The number of hydrogen-bond acceptors (Lipinski definition) is 2. The first-order chi connectivity index (χ1) is 11.7. The molecule has 1 amide bonds. The van der Waals surface area contributed by atoms with Gasteiger partial charge in [0, 0.05) is 17.4 Å². The van der Waals surface area contributed by atoms with Crippen LogP contribution in [0.4, 0.5) is 5.69 Å². The number of fused-ring (bicyclic) bond motifs is 1. The van der Waals surface area contributed by atoms with Crippen LogP contribution in [0.1, 0.15) is 16.2 Å². The number of nitrogens with zero attached hydrogens (tertiary/aromatic N) is 2. The number of aromatic nitrogens is 3. The van der Waals surface area contributed by atoms with Crippen molar-refractivity contribution in [1.29, 1.82) is 0 Å². The average Bonchev–Trinajstić information content (AvgIpc) is 3.12. The van der Waals surface area contributed by atoms with E-state index in [2.05, 4.69) is 15.4 Å². The molecule has 0 aliphatic carbocycles. The summed E-state index contributed by atoms with van der Waals surface area (Å²) in [7, 11) is 0. The fraction of sp³-hybridized carbons (Fsp3) is 0.0526. The molecule has 0 spiro atoms. The molecule has 118 valence electrons. The van der Waals surface area contributed by atoms with Crippen molar-refractivity contribution in [2.45, 2.75) is 6.92 Å². The molecule has 0 fully saturated rings. The summed E-state index contributed by atoms with van der Waals surface area (Å²) in [6, 6.07) is 19.3. The summed E-state index contributed by atoms with van der Waals surface area (Å²) in [5.74, 6) is 0.590. The molecule has 4 rings (SSSR count). The van der Waals surface area contributed by atoms with Crippen molar-refractivity contribution >= 4 is 17.2 Å². The quantitative estimate of drug-likeness (QED) is 0.602. The Morgan fingerprint density at radius 2 is 1.71 bits per heavy atom. The molecule has 0 radical (unpaired) electrons. The third-order valence-electron chi connectivity index (χ3n) is 3.88. The number of aromatic amines is 1. The second-order valence-corrected chi connectivity index (χ2v) is 5.61. The summed E-state index contributed by atoms with van der Waals surface area (Å²) in [5.41, 5.74) is 3.78. The standard InChI is InChI=1S/C19H16N4O/c1-13-20-18-17(19(24)21-15-10-6-3-7-11-15)16(12-23(18)22-13)14-8-4-2-5-9-14/h2-12H,1H3,(H,20,22)(H,21,24). The maximum Gasteiger partial charge on any atom is 0.260 e. The maximum atomic E-state index is 12.9. The molecule has 24 heavy (non-hydrogen) atoms. The molecule has 0 unspecified atom stereocenters. The molecule has 0 aliphatic heterocycles. The van der Waals surface area contributed by atoms with Crippen LogP contribution >= 0.6 is 0 Å². The molecule has 0 saturated carbocycles. The maximum absolute atomic E-state index is 12.9. The molecular formula is C19H16N4O.